The fourth-order valence-corrected chi connectivity index (χ4v) is 4.08. The van der Waals surface area contributed by atoms with Gasteiger partial charge in [0.25, 0.3) is 0 Å². The van der Waals surface area contributed by atoms with Crippen LogP contribution in [0.15, 0.2) is 24.8 Å². The Balaban J connectivity index is 1.51. The Hall–Kier alpha value is -1.62. The van der Waals surface area contributed by atoms with Gasteiger partial charge in [0.15, 0.2) is 11.5 Å². The molecule has 0 spiro atoms. The maximum absolute atomic E-state index is 14.2. The molecule has 1 heterocycles. The van der Waals surface area contributed by atoms with Crippen molar-refractivity contribution < 1.29 is 23.0 Å². The van der Waals surface area contributed by atoms with Crippen molar-refractivity contribution in [3.8, 4) is 11.5 Å². The Morgan fingerprint density at radius 2 is 1.69 bits per heavy atom. The average molecular weight is 366 g/mol. The molecule has 1 aromatic carbocycles. The van der Waals surface area contributed by atoms with E-state index in [1.807, 2.05) is 6.08 Å². The van der Waals surface area contributed by atoms with Crippen molar-refractivity contribution >= 4 is 0 Å². The van der Waals surface area contributed by atoms with E-state index in [1.54, 1.807) is 6.92 Å². The summed E-state index contributed by atoms with van der Waals surface area (Å²) in [6.45, 7) is 6.61. The maximum Gasteiger partial charge on any atom is 0.204 e. The average Bonchev–Trinajstić information content (AvgIpc) is 2.68. The van der Waals surface area contributed by atoms with Crippen LogP contribution >= 0.6 is 0 Å². The molecule has 3 rings (SSSR count). The van der Waals surface area contributed by atoms with E-state index >= 15 is 0 Å². The maximum atomic E-state index is 14.2. The van der Waals surface area contributed by atoms with E-state index in [2.05, 4.69) is 6.58 Å². The molecule has 0 bridgehead atoms. The molecule has 0 radical (unpaired) electrons. The standard InChI is InChI=1S/C21H28F2O3/c1-3-16-8-7-15(13-25-16)14-5-9-17(10-6-14)26-19-12-11-18(24-4-2)20(22)21(19)23/h3,11-12,14-17H,1,4-10,13H2,2H3. The number of halogens is 2. The minimum Gasteiger partial charge on any atom is -0.491 e. The van der Waals surface area contributed by atoms with Crippen LogP contribution in [0.4, 0.5) is 8.78 Å². The van der Waals surface area contributed by atoms with E-state index in [1.165, 1.54) is 18.6 Å². The number of hydrogen-bond acceptors (Lipinski definition) is 3. The van der Waals surface area contributed by atoms with Gasteiger partial charge in [0.1, 0.15) is 0 Å². The molecule has 1 aliphatic carbocycles. The summed E-state index contributed by atoms with van der Waals surface area (Å²) in [6, 6.07) is 2.89. The summed E-state index contributed by atoms with van der Waals surface area (Å²) in [5.41, 5.74) is 0. The van der Waals surface area contributed by atoms with Crippen LogP contribution in [0, 0.1) is 23.5 Å². The zero-order valence-electron chi connectivity index (χ0n) is 15.4. The van der Waals surface area contributed by atoms with Crippen molar-refractivity contribution in [2.45, 2.75) is 57.7 Å². The van der Waals surface area contributed by atoms with E-state index in [0.717, 1.165) is 38.7 Å². The van der Waals surface area contributed by atoms with Crippen molar-refractivity contribution in [2.24, 2.45) is 11.8 Å². The molecule has 1 saturated carbocycles. The molecule has 3 nitrogen and oxygen atoms in total. The molecule has 5 heteroatoms. The number of ether oxygens (including phenoxy) is 3. The van der Waals surface area contributed by atoms with Crippen molar-refractivity contribution in [3.63, 3.8) is 0 Å². The quantitative estimate of drug-likeness (QED) is 0.641. The van der Waals surface area contributed by atoms with Gasteiger partial charge in [-0.2, -0.15) is 8.78 Å². The van der Waals surface area contributed by atoms with Crippen LogP contribution in [0.3, 0.4) is 0 Å². The molecule has 1 aliphatic heterocycles. The van der Waals surface area contributed by atoms with E-state index in [-0.39, 0.29) is 23.7 Å². The first kappa shape index (κ1) is 19.2. The summed E-state index contributed by atoms with van der Waals surface area (Å²) in [5, 5.41) is 0. The normalized spacial score (nSPS) is 29.2. The van der Waals surface area contributed by atoms with E-state index in [9.17, 15) is 8.78 Å². The second-order valence-electron chi connectivity index (χ2n) is 7.22. The highest BCUT2D eigenvalue weighted by Crippen LogP contribution is 2.37. The molecule has 0 aromatic heterocycles. The van der Waals surface area contributed by atoms with Gasteiger partial charge in [-0.3, -0.25) is 0 Å². The van der Waals surface area contributed by atoms with Crippen molar-refractivity contribution in [1.82, 2.24) is 0 Å². The second kappa shape index (κ2) is 8.85. The summed E-state index contributed by atoms with van der Waals surface area (Å²) in [4.78, 5) is 0. The third-order valence-corrected chi connectivity index (χ3v) is 5.60. The number of rotatable bonds is 6. The number of hydrogen-bond donors (Lipinski definition) is 0. The summed E-state index contributed by atoms with van der Waals surface area (Å²) in [7, 11) is 0. The molecular weight excluding hydrogens is 338 g/mol. The first-order chi connectivity index (χ1) is 12.6. The van der Waals surface area contributed by atoms with Crippen LogP contribution in [-0.4, -0.2) is 25.4 Å². The molecule has 2 atom stereocenters. The smallest absolute Gasteiger partial charge is 0.204 e. The Kier molecular flexibility index (Phi) is 6.52. The predicted octanol–water partition coefficient (Wildman–Crippen LogP) is 5.28. The van der Waals surface area contributed by atoms with Gasteiger partial charge in [0, 0.05) is 0 Å². The van der Waals surface area contributed by atoms with Crippen LogP contribution in [-0.2, 0) is 4.74 Å². The van der Waals surface area contributed by atoms with E-state index in [4.69, 9.17) is 14.2 Å². The van der Waals surface area contributed by atoms with Gasteiger partial charge in [0.2, 0.25) is 11.6 Å². The fourth-order valence-electron chi connectivity index (χ4n) is 4.08. The summed E-state index contributed by atoms with van der Waals surface area (Å²) >= 11 is 0. The summed E-state index contributed by atoms with van der Waals surface area (Å²) in [5.74, 6) is -0.821. The first-order valence-electron chi connectivity index (χ1n) is 9.64. The Morgan fingerprint density at radius 3 is 2.31 bits per heavy atom. The number of benzene rings is 1. The monoisotopic (exact) mass is 366 g/mol. The van der Waals surface area contributed by atoms with Crippen LogP contribution < -0.4 is 9.47 Å². The highest BCUT2D eigenvalue weighted by molar-refractivity contribution is 5.35. The second-order valence-corrected chi connectivity index (χ2v) is 7.22. The molecule has 26 heavy (non-hydrogen) atoms. The predicted molar refractivity (Wildman–Crippen MR) is 96.6 cm³/mol. The zero-order valence-corrected chi connectivity index (χ0v) is 15.4. The minimum atomic E-state index is -0.978. The third-order valence-electron chi connectivity index (χ3n) is 5.60. The van der Waals surface area contributed by atoms with Gasteiger partial charge in [-0.1, -0.05) is 6.08 Å². The van der Waals surface area contributed by atoms with Gasteiger partial charge < -0.3 is 14.2 Å². The lowest BCUT2D eigenvalue weighted by atomic mass is 9.76. The molecule has 2 fully saturated rings. The van der Waals surface area contributed by atoms with Crippen LogP contribution in [0.1, 0.15) is 45.4 Å². The van der Waals surface area contributed by atoms with E-state index in [0.29, 0.717) is 18.4 Å². The zero-order chi connectivity index (χ0) is 18.5. The van der Waals surface area contributed by atoms with Gasteiger partial charge >= 0.3 is 0 Å². The highest BCUT2D eigenvalue weighted by atomic mass is 19.2. The fraction of sp³-hybridized carbons (Fsp3) is 0.619. The molecule has 1 aromatic rings. The van der Waals surface area contributed by atoms with Gasteiger partial charge in [-0.15, -0.1) is 6.58 Å². The molecule has 144 valence electrons. The lowest BCUT2D eigenvalue weighted by Crippen LogP contribution is -2.33. The van der Waals surface area contributed by atoms with E-state index < -0.39 is 11.6 Å². The molecule has 0 N–H and O–H groups in total. The van der Waals surface area contributed by atoms with Crippen LogP contribution in [0.5, 0.6) is 11.5 Å². The minimum absolute atomic E-state index is 0.0239. The summed E-state index contributed by atoms with van der Waals surface area (Å²) < 4.78 is 44.8. The third kappa shape index (κ3) is 4.37. The largest absolute Gasteiger partial charge is 0.491 e. The van der Waals surface area contributed by atoms with Gasteiger partial charge in [-0.05, 0) is 69.4 Å². The van der Waals surface area contributed by atoms with Crippen molar-refractivity contribution in [3.05, 3.63) is 36.4 Å². The topological polar surface area (TPSA) is 27.7 Å². The Morgan fingerprint density at radius 1 is 1.04 bits per heavy atom. The molecule has 2 unspecified atom stereocenters. The lowest BCUT2D eigenvalue weighted by molar-refractivity contribution is -0.0204. The van der Waals surface area contributed by atoms with Crippen LogP contribution in [0.2, 0.25) is 0 Å². The lowest BCUT2D eigenvalue weighted by Gasteiger charge is -2.37. The SMILES string of the molecule is C=CC1CCC(C2CCC(Oc3ccc(OCC)c(F)c3F)CC2)CO1. The summed E-state index contributed by atoms with van der Waals surface area (Å²) in [6.07, 6.45) is 8.03. The molecule has 0 amide bonds. The van der Waals surface area contributed by atoms with Gasteiger partial charge in [-0.25, -0.2) is 0 Å². The Labute approximate surface area is 154 Å². The highest BCUT2D eigenvalue weighted by Gasteiger charge is 2.32. The molecular formula is C21H28F2O3. The molecule has 1 saturated heterocycles. The van der Waals surface area contributed by atoms with Crippen molar-refractivity contribution in [1.29, 1.82) is 0 Å². The van der Waals surface area contributed by atoms with Crippen LogP contribution in [0.25, 0.3) is 0 Å². The Bertz CT molecular complexity index is 604. The molecule has 2 aliphatic rings. The first-order valence-corrected chi connectivity index (χ1v) is 9.64. The van der Waals surface area contributed by atoms with Gasteiger partial charge in [0.05, 0.1) is 25.4 Å². The van der Waals surface area contributed by atoms with Crippen molar-refractivity contribution in [2.75, 3.05) is 13.2 Å².